The van der Waals surface area contributed by atoms with E-state index in [1.54, 1.807) is 23.0 Å². The minimum atomic E-state index is -0.355. The first-order valence-corrected chi connectivity index (χ1v) is 9.12. The second kappa shape index (κ2) is 6.27. The minimum absolute atomic E-state index is 0.000471. The Bertz CT molecular complexity index is 1220. The van der Waals surface area contributed by atoms with E-state index >= 15 is 0 Å². The molecule has 0 spiro atoms. The van der Waals surface area contributed by atoms with Crippen molar-refractivity contribution in [2.45, 2.75) is 18.8 Å². The molecule has 5 rings (SSSR count). The first-order chi connectivity index (χ1) is 13.6. The lowest BCUT2D eigenvalue weighted by molar-refractivity contribution is 0.0964. The summed E-state index contributed by atoms with van der Waals surface area (Å²) in [5.41, 5.74) is 10.1. The zero-order valence-electron chi connectivity index (χ0n) is 15.0. The van der Waals surface area contributed by atoms with Gasteiger partial charge in [-0.3, -0.25) is 4.79 Å². The summed E-state index contributed by atoms with van der Waals surface area (Å²) < 4.78 is 15.2. The summed E-state index contributed by atoms with van der Waals surface area (Å²) in [7, 11) is 0. The van der Waals surface area contributed by atoms with E-state index in [9.17, 15) is 9.18 Å². The van der Waals surface area contributed by atoms with Crippen molar-refractivity contribution in [3.63, 3.8) is 0 Å². The van der Waals surface area contributed by atoms with Crippen LogP contribution in [0.5, 0.6) is 0 Å². The van der Waals surface area contributed by atoms with Crippen molar-refractivity contribution in [1.82, 2.24) is 14.8 Å². The molecule has 0 aliphatic heterocycles. The number of carbonyl (C=O) groups excluding carboxylic acids is 1. The van der Waals surface area contributed by atoms with Gasteiger partial charge in [0.2, 0.25) is 0 Å². The number of hydrogen-bond donors (Lipinski definition) is 1. The Hall–Kier alpha value is -3.54. The number of rotatable bonds is 2. The highest BCUT2D eigenvalue weighted by molar-refractivity contribution is 6.09. The molecule has 2 heterocycles. The van der Waals surface area contributed by atoms with Gasteiger partial charge < -0.3 is 5.73 Å². The summed E-state index contributed by atoms with van der Waals surface area (Å²) >= 11 is 0. The fourth-order valence-electron chi connectivity index (χ4n) is 3.96. The maximum atomic E-state index is 13.7. The van der Waals surface area contributed by atoms with Crippen LogP contribution >= 0.6 is 0 Å². The van der Waals surface area contributed by atoms with E-state index in [0.29, 0.717) is 46.5 Å². The van der Waals surface area contributed by atoms with Gasteiger partial charge in [-0.05, 0) is 36.1 Å². The number of ketones is 1. The maximum Gasteiger partial charge on any atom is 0.167 e. The number of fused-ring (bicyclic) bond motifs is 2. The van der Waals surface area contributed by atoms with Crippen LogP contribution in [0.2, 0.25) is 0 Å². The van der Waals surface area contributed by atoms with Crippen LogP contribution in [-0.2, 0) is 6.42 Å². The van der Waals surface area contributed by atoms with Crippen LogP contribution < -0.4 is 5.73 Å². The Kier molecular flexibility index (Phi) is 3.72. The van der Waals surface area contributed by atoms with Gasteiger partial charge >= 0.3 is 0 Å². The molecule has 0 bridgehead atoms. The molecule has 1 aliphatic carbocycles. The van der Waals surface area contributed by atoms with Gasteiger partial charge in [-0.2, -0.15) is 5.10 Å². The third-order valence-electron chi connectivity index (χ3n) is 5.31. The molecule has 5 nitrogen and oxygen atoms in total. The first-order valence-electron chi connectivity index (χ1n) is 9.12. The normalized spacial score (nSPS) is 16.3. The number of anilines is 1. The molecule has 28 heavy (non-hydrogen) atoms. The average Bonchev–Trinajstić information content (AvgIpc) is 3.12. The number of nitrogens with zero attached hydrogens (tertiary/aromatic N) is 3. The molecule has 138 valence electrons. The molecule has 0 saturated carbocycles. The molecule has 0 amide bonds. The largest absolute Gasteiger partial charge is 0.397 e. The van der Waals surface area contributed by atoms with Crippen molar-refractivity contribution in [3.05, 3.63) is 83.4 Å². The molecule has 2 aromatic carbocycles. The fraction of sp³-hybridized carbons (Fsp3) is 0.136. The van der Waals surface area contributed by atoms with Crippen LogP contribution in [0.25, 0.3) is 16.7 Å². The monoisotopic (exact) mass is 372 g/mol. The van der Waals surface area contributed by atoms with Crippen LogP contribution in [0.1, 0.15) is 34.0 Å². The van der Waals surface area contributed by atoms with Crippen molar-refractivity contribution >= 4 is 22.5 Å². The third kappa shape index (κ3) is 2.57. The number of nitrogens with two attached hydrogens (primary N) is 1. The quantitative estimate of drug-likeness (QED) is 0.576. The highest BCUT2D eigenvalue weighted by atomic mass is 19.1. The predicted molar refractivity (Wildman–Crippen MR) is 105 cm³/mol. The van der Waals surface area contributed by atoms with E-state index in [1.165, 1.54) is 12.1 Å². The molecule has 1 aliphatic rings. The van der Waals surface area contributed by atoms with Gasteiger partial charge in [0.15, 0.2) is 11.4 Å². The number of nitrogen functional groups attached to an aromatic ring is 1. The van der Waals surface area contributed by atoms with Crippen LogP contribution in [0, 0.1) is 5.82 Å². The third-order valence-corrected chi connectivity index (χ3v) is 5.31. The number of carbonyl (C=O) groups is 1. The number of Topliss-reactive ketones (excluding diaryl/α,β-unsaturated/α-hetero) is 1. The first kappa shape index (κ1) is 16.6. The molecule has 1 atom stereocenters. The summed E-state index contributed by atoms with van der Waals surface area (Å²) in [5, 5.41) is 4.94. The van der Waals surface area contributed by atoms with Gasteiger partial charge in [-0.25, -0.2) is 14.1 Å². The average molecular weight is 372 g/mol. The minimum Gasteiger partial charge on any atom is -0.397 e. The standard InChI is InChI=1S/C22H17FN4O/c23-15-7-4-8-16(11-15)27-22-17(12-25-27)21(24)20-18(26-22)9-14(10-19(20)28)13-5-2-1-3-6-13/h1-8,11-12,14H,9-10H2,(H2,24,26)/t14-/m0/s1. The van der Waals surface area contributed by atoms with Gasteiger partial charge in [0.05, 0.1) is 34.2 Å². The van der Waals surface area contributed by atoms with E-state index in [0.717, 1.165) is 5.56 Å². The van der Waals surface area contributed by atoms with E-state index in [1.807, 2.05) is 30.3 Å². The highest BCUT2D eigenvalue weighted by Gasteiger charge is 2.31. The molecule has 0 saturated heterocycles. The van der Waals surface area contributed by atoms with Gasteiger partial charge in [0.1, 0.15) is 5.82 Å². The molecular weight excluding hydrogens is 355 g/mol. The van der Waals surface area contributed by atoms with Gasteiger partial charge in [-0.1, -0.05) is 36.4 Å². The second-order valence-electron chi connectivity index (χ2n) is 7.06. The summed E-state index contributed by atoms with van der Waals surface area (Å²) in [4.78, 5) is 17.6. The Morgan fingerprint density at radius 1 is 1.07 bits per heavy atom. The number of benzene rings is 2. The van der Waals surface area contributed by atoms with Crippen molar-refractivity contribution in [2.75, 3.05) is 5.73 Å². The number of halogens is 1. The molecule has 2 N–H and O–H groups in total. The molecule has 0 radical (unpaired) electrons. The summed E-state index contributed by atoms with van der Waals surface area (Å²) in [6, 6.07) is 16.1. The molecular formula is C22H17FN4O. The second-order valence-corrected chi connectivity index (χ2v) is 7.06. The zero-order valence-corrected chi connectivity index (χ0v) is 15.0. The zero-order chi connectivity index (χ0) is 19.3. The Morgan fingerprint density at radius 3 is 2.68 bits per heavy atom. The Labute approximate surface area is 160 Å². The lowest BCUT2D eigenvalue weighted by Crippen LogP contribution is -2.22. The van der Waals surface area contributed by atoms with Gasteiger partial charge in [-0.15, -0.1) is 0 Å². The lowest BCUT2D eigenvalue weighted by Gasteiger charge is -2.24. The molecule has 6 heteroatoms. The molecule has 2 aromatic heterocycles. The lowest BCUT2D eigenvalue weighted by atomic mass is 9.81. The van der Waals surface area contributed by atoms with Gasteiger partial charge in [0, 0.05) is 6.42 Å². The predicted octanol–water partition coefficient (Wildman–Crippen LogP) is 4.05. The van der Waals surface area contributed by atoms with Crippen LogP contribution in [0.4, 0.5) is 10.1 Å². The van der Waals surface area contributed by atoms with Crippen LogP contribution in [0.3, 0.4) is 0 Å². The number of pyridine rings is 1. The topological polar surface area (TPSA) is 73.8 Å². The summed E-state index contributed by atoms with van der Waals surface area (Å²) in [6.45, 7) is 0. The molecule has 4 aromatic rings. The van der Waals surface area contributed by atoms with Crippen LogP contribution in [0.15, 0.2) is 60.8 Å². The van der Waals surface area contributed by atoms with E-state index in [2.05, 4.69) is 5.10 Å². The van der Waals surface area contributed by atoms with Crippen LogP contribution in [-0.4, -0.2) is 20.5 Å². The van der Waals surface area contributed by atoms with E-state index in [-0.39, 0.29) is 17.5 Å². The Balaban J connectivity index is 1.67. The fourth-order valence-corrected chi connectivity index (χ4v) is 3.96. The van der Waals surface area contributed by atoms with Crippen molar-refractivity contribution in [3.8, 4) is 5.69 Å². The van der Waals surface area contributed by atoms with Crippen molar-refractivity contribution in [2.24, 2.45) is 0 Å². The molecule has 0 fully saturated rings. The van der Waals surface area contributed by atoms with Crippen molar-refractivity contribution in [1.29, 1.82) is 0 Å². The van der Waals surface area contributed by atoms with Gasteiger partial charge in [0.25, 0.3) is 0 Å². The summed E-state index contributed by atoms with van der Waals surface area (Å²) in [6.07, 6.45) is 2.62. The highest BCUT2D eigenvalue weighted by Crippen LogP contribution is 2.37. The SMILES string of the molecule is Nc1c2c(nc3c1cnn3-c1cccc(F)c1)C[C@H](c1ccccc1)CC2=O. The summed E-state index contributed by atoms with van der Waals surface area (Å²) in [5.74, 6) is -0.289. The molecule has 0 unspecified atom stereocenters. The number of hydrogen-bond acceptors (Lipinski definition) is 4. The Morgan fingerprint density at radius 2 is 1.89 bits per heavy atom. The maximum absolute atomic E-state index is 13.7. The smallest absolute Gasteiger partial charge is 0.167 e. The van der Waals surface area contributed by atoms with E-state index < -0.39 is 0 Å². The van der Waals surface area contributed by atoms with Crippen molar-refractivity contribution < 1.29 is 9.18 Å². The van der Waals surface area contributed by atoms with E-state index in [4.69, 9.17) is 10.7 Å². The number of aromatic nitrogens is 3.